The van der Waals surface area contributed by atoms with E-state index >= 15 is 0 Å². The summed E-state index contributed by atoms with van der Waals surface area (Å²) in [5, 5.41) is 5.17. The predicted octanol–water partition coefficient (Wildman–Crippen LogP) is 15.5. The van der Waals surface area contributed by atoms with Gasteiger partial charge in [-0.3, -0.25) is 0 Å². The molecule has 0 N–H and O–H groups in total. The first kappa shape index (κ1) is 33.6. The second-order valence-corrected chi connectivity index (χ2v) is 16.7. The number of thiophene rings is 2. The average molecular weight is 763 g/mol. The number of rotatable bonds is 6. The summed E-state index contributed by atoms with van der Waals surface area (Å²) in [7, 11) is 0. The third kappa shape index (κ3) is 6.02. The van der Waals surface area contributed by atoms with Crippen molar-refractivity contribution in [3.63, 3.8) is 0 Å². The van der Waals surface area contributed by atoms with Gasteiger partial charge in [-0.05, 0) is 82.8 Å². The minimum Gasteiger partial charge on any atom is -0.228 e. The van der Waals surface area contributed by atoms with Crippen molar-refractivity contribution in [2.24, 2.45) is 0 Å². The number of hydrogen-bond donors (Lipinski definition) is 0. The molecule has 0 amide bonds. The molecule has 0 aliphatic carbocycles. The van der Waals surface area contributed by atoms with E-state index in [4.69, 9.17) is 9.97 Å². The zero-order valence-electron chi connectivity index (χ0n) is 31.1. The quantitative estimate of drug-likeness (QED) is 0.169. The van der Waals surface area contributed by atoms with Gasteiger partial charge in [0.15, 0.2) is 5.82 Å². The predicted molar refractivity (Wildman–Crippen MR) is 245 cm³/mol. The van der Waals surface area contributed by atoms with Gasteiger partial charge < -0.3 is 0 Å². The van der Waals surface area contributed by atoms with Crippen LogP contribution in [-0.4, -0.2) is 9.97 Å². The largest absolute Gasteiger partial charge is 0.228 e. The lowest BCUT2D eigenvalue weighted by Crippen LogP contribution is -1.97. The van der Waals surface area contributed by atoms with Crippen molar-refractivity contribution in [1.29, 1.82) is 0 Å². The second kappa shape index (κ2) is 13.8. The van der Waals surface area contributed by atoms with Crippen molar-refractivity contribution in [1.82, 2.24) is 9.97 Å². The molecule has 0 fully saturated rings. The number of aromatic nitrogens is 2. The Labute approximate surface area is 339 Å². The fourth-order valence-electron chi connectivity index (χ4n) is 8.10. The summed E-state index contributed by atoms with van der Waals surface area (Å²) in [5.41, 5.74) is 13.2. The maximum Gasteiger partial charge on any atom is 0.160 e. The molecule has 0 unspecified atom stereocenters. The lowest BCUT2D eigenvalue weighted by molar-refractivity contribution is 1.18. The summed E-state index contributed by atoms with van der Waals surface area (Å²) in [6, 6.07) is 68.0. The molecule has 2 nitrogen and oxygen atoms in total. The molecule has 3 aromatic heterocycles. The molecule has 4 heteroatoms. The topological polar surface area (TPSA) is 25.8 Å². The van der Waals surface area contributed by atoms with Crippen LogP contribution in [0.25, 0.3) is 108 Å². The highest BCUT2D eigenvalue weighted by atomic mass is 32.1. The van der Waals surface area contributed by atoms with Gasteiger partial charge in [0.05, 0.1) is 11.4 Å². The summed E-state index contributed by atoms with van der Waals surface area (Å²) in [4.78, 5) is 10.6. The number of nitrogens with zero attached hydrogens (tertiary/aromatic N) is 2. The number of fused-ring (bicyclic) bond motifs is 6. The van der Waals surface area contributed by atoms with Crippen LogP contribution in [0.1, 0.15) is 5.56 Å². The van der Waals surface area contributed by atoms with E-state index in [2.05, 4.69) is 195 Å². The first-order chi connectivity index (χ1) is 28.1. The van der Waals surface area contributed by atoms with Crippen molar-refractivity contribution in [3.05, 3.63) is 194 Å². The summed E-state index contributed by atoms with van der Waals surface area (Å²) >= 11 is 3.74. The zero-order chi connectivity index (χ0) is 37.9. The molecule has 0 bridgehead atoms. The number of hydrogen-bond acceptors (Lipinski definition) is 4. The van der Waals surface area contributed by atoms with Gasteiger partial charge in [-0.1, -0.05) is 151 Å². The first-order valence-corrected chi connectivity index (χ1v) is 20.8. The Kier molecular flexibility index (Phi) is 8.13. The molecule has 268 valence electrons. The Hall–Kier alpha value is -6.72. The minimum absolute atomic E-state index is 0.706. The summed E-state index contributed by atoms with van der Waals surface area (Å²) < 4.78 is 5.19. The van der Waals surface area contributed by atoms with Gasteiger partial charge in [0.1, 0.15) is 0 Å². The third-order valence-corrected chi connectivity index (χ3v) is 13.4. The standard InChI is InChI=1S/C53H34N2S2/c1-33-24-26-35(27-25-33)53-54-47(37-15-9-14-36(28-37)34-12-3-2-4-13-34)32-48(55-53)40-30-38(41-18-10-20-45-43-16-5-7-22-49(43)56-51(41)45)29-39(31-40)42-19-11-21-46-44-17-6-8-23-50(44)57-52(42)46/h2-32H,1H3. The van der Waals surface area contributed by atoms with Gasteiger partial charge in [0.25, 0.3) is 0 Å². The Morgan fingerprint density at radius 3 is 1.44 bits per heavy atom. The molecule has 3 heterocycles. The Morgan fingerprint density at radius 2 is 0.807 bits per heavy atom. The van der Waals surface area contributed by atoms with Crippen molar-refractivity contribution < 1.29 is 0 Å². The second-order valence-electron chi connectivity index (χ2n) is 14.6. The lowest BCUT2D eigenvalue weighted by atomic mass is 9.93. The highest BCUT2D eigenvalue weighted by molar-refractivity contribution is 7.26. The average Bonchev–Trinajstić information content (AvgIpc) is 3.85. The van der Waals surface area contributed by atoms with Crippen LogP contribution < -0.4 is 0 Å². The van der Waals surface area contributed by atoms with E-state index in [1.165, 1.54) is 73.7 Å². The molecule has 0 aliphatic rings. The molecule has 0 saturated heterocycles. The molecule has 11 aromatic rings. The molecule has 0 spiro atoms. The Bertz CT molecular complexity index is 3170. The number of benzene rings is 8. The van der Waals surface area contributed by atoms with Crippen LogP contribution in [0.3, 0.4) is 0 Å². The summed E-state index contributed by atoms with van der Waals surface area (Å²) in [6.07, 6.45) is 0. The first-order valence-electron chi connectivity index (χ1n) is 19.2. The molecule has 0 atom stereocenters. The molecular formula is C53H34N2S2. The molecule has 8 aromatic carbocycles. The molecule has 0 radical (unpaired) electrons. The van der Waals surface area contributed by atoms with E-state index in [0.29, 0.717) is 5.82 Å². The van der Waals surface area contributed by atoms with E-state index in [-0.39, 0.29) is 0 Å². The van der Waals surface area contributed by atoms with Crippen molar-refractivity contribution >= 4 is 63.0 Å². The minimum atomic E-state index is 0.706. The summed E-state index contributed by atoms with van der Waals surface area (Å²) in [5.74, 6) is 0.706. The molecule has 0 aliphatic heterocycles. The van der Waals surface area contributed by atoms with Gasteiger partial charge in [0.2, 0.25) is 0 Å². The van der Waals surface area contributed by atoms with Gasteiger partial charge >= 0.3 is 0 Å². The van der Waals surface area contributed by atoms with Crippen LogP contribution in [0.2, 0.25) is 0 Å². The van der Waals surface area contributed by atoms with Crippen LogP contribution in [0.4, 0.5) is 0 Å². The third-order valence-electron chi connectivity index (χ3n) is 11.0. The van der Waals surface area contributed by atoms with E-state index in [1.807, 2.05) is 22.7 Å². The smallest absolute Gasteiger partial charge is 0.160 e. The normalized spacial score (nSPS) is 11.6. The highest BCUT2D eigenvalue weighted by Crippen LogP contribution is 2.45. The van der Waals surface area contributed by atoms with Gasteiger partial charge in [0, 0.05) is 57.0 Å². The van der Waals surface area contributed by atoms with Crippen molar-refractivity contribution in [3.8, 4) is 67.3 Å². The maximum atomic E-state index is 5.37. The van der Waals surface area contributed by atoms with E-state index < -0.39 is 0 Å². The molecular weight excluding hydrogens is 729 g/mol. The van der Waals surface area contributed by atoms with Gasteiger partial charge in [-0.15, -0.1) is 22.7 Å². The van der Waals surface area contributed by atoms with Crippen molar-refractivity contribution in [2.75, 3.05) is 0 Å². The van der Waals surface area contributed by atoms with Crippen LogP contribution in [0.15, 0.2) is 188 Å². The SMILES string of the molecule is Cc1ccc(-c2nc(-c3cccc(-c4ccccc4)c3)cc(-c3cc(-c4cccc5c4sc4ccccc45)cc(-c4cccc5c4sc4ccccc45)c3)n2)cc1. The Balaban J connectivity index is 1.17. The van der Waals surface area contributed by atoms with Crippen LogP contribution in [0, 0.1) is 6.92 Å². The van der Waals surface area contributed by atoms with E-state index in [0.717, 1.165) is 33.6 Å². The van der Waals surface area contributed by atoms with Gasteiger partial charge in [-0.2, -0.15) is 0 Å². The zero-order valence-corrected chi connectivity index (χ0v) is 32.7. The highest BCUT2D eigenvalue weighted by Gasteiger charge is 2.18. The molecule has 11 rings (SSSR count). The summed E-state index contributed by atoms with van der Waals surface area (Å²) in [6.45, 7) is 2.11. The monoisotopic (exact) mass is 762 g/mol. The van der Waals surface area contributed by atoms with E-state index in [9.17, 15) is 0 Å². The van der Waals surface area contributed by atoms with Crippen LogP contribution in [0.5, 0.6) is 0 Å². The number of aryl methyl sites for hydroxylation is 1. The van der Waals surface area contributed by atoms with Crippen LogP contribution >= 0.6 is 22.7 Å². The van der Waals surface area contributed by atoms with Crippen LogP contribution in [-0.2, 0) is 0 Å². The van der Waals surface area contributed by atoms with Gasteiger partial charge in [-0.25, -0.2) is 9.97 Å². The molecule has 0 saturated carbocycles. The Morgan fingerprint density at radius 1 is 0.333 bits per heavy atom. The fourth-order valence-corrected chi connectivity index (χ4v) is 10.6. The van der Waals surface area contributed by atoms with E-state index in [1.54, 1.807) is 0 Å². The lowest BCUT2D eigenvalue weighted by Gasteiger charge is -2.14. The maximum absolute atomic E-state index is 5.37. The molecule has 57 heavy (non-hydrogen) atoms. The fraction of sp³-hybridized carbons (Fsp3) is 0.0189. The van der Waals surface area contributed by atoms with Crippen molar-refractivity contribution in [2.45, 2.75) is 6.92 Å².